The van der Waals surface area contributed by atoms with Crippen molar-refractivity contribution in [1.82, 2.24) is 4.90 Å². The Hall–Kier alpha value is -0.200. The van der Waals surface area contributed by atoms with E-state index in [4.69, 9.17) is 5.26 Å². The fourth-order valence-corrected chi connectivity index (χ4v) is 3.76. The molecule has 0 radical (unpaired) electrons. The number of rotatable bonds is 1. The standard InChI is InChI=1S/C11H18N2S/c1-9-8-14-6-5-13(9)11-4-2-3-10(11)7-12/h9-11H,2-6,8H2,1H3. The molecule has 0 amide bonds. The summed E-state index contributed by atoms with van der Waals surface area (Å²) in [5.74, 6) is 2.80. The molecule has 3 atom stereocenters. The average Bonchev–Trinajstić information content (AvgIpc) is 2.66. The second-order valence-corrected chi connectivity index (χ2v) is 5.55. The molecular formula is C11H18N2S. The molecule has 1 saturated heterocycles. The van der Waals surface area contributed by atoms with Gasteiger partial charge in [0.2, 0.25) is 0 Å². The van der Waals surface area contributed by atoms with Gasteiger partial charge in [-0.15, -0.1) is 0 Å². The van der Waals surface area contributed by atoms with Crippen LogP contribution < -0.4 is 0 Å². The first-order valence-electron chi connectivity index (χ1n) is 5.56. The molecule has 0 aromatic carbocycles. The number of thioether (sulfide) groups is 1. The summed E-state index contributed by atoms with van der Waals surface area (Å²) in [5.41, 5.74) is 0. The quantitative estimate of drug-likeness (QED) is 0.663. The summed E-state index contributed by atoms with van der Waals surface area (Å²) in [6.07, 6.45) is 3.62. The lowest BCUT2D eigenvalue weighted by Crippen LogP contribution is -2.48. The molecule has 0 aromatic heterocycles. The zero-order chi connectivity index (χ0) is 9.97. The maximum atomic E-state index is 9.07. The van der Waals surface area contributed by atoms with E-state index in [0.717, 1.165) is 6.42 Å². The van der Waals surface area contributed by atoms with Crippen LogP contribution in [0, 0.1) is 17.2 Å². The summed E-state index contributed by atoms with van der Waals surface area (Å²) < 4.78 is 0. The van der Waals surface area contributed by atoms with Crippen LogP contribution in [0.25, 0.3) is 0 Å². The molecule has 1 saturated carbocycles. The van der Waals surface area contributed by atoms with E-state index in [-0.39, 0.29) is 0 Å². The minimum absolute atomic E-state index is 0.306. The Morgan fingerprint density at radius 1 is 1.43 bits per heavy atom. The monoisotopic (exact) mass is 210 g/mol. The van der Waals surface area contributed by atoms with Crippen molar-refractivity contribution in [2.75, 3.05) is 18.1 Å². The van der Waals surface area contributed by atoms with Crippen molar-refractivity contribution in [2.24, 2.45) is 5.92 Å². The summed E-state index contributed by atoms with van der Waals surface area (Å²) >= 11 is 2.05. The van der Waals surface area contributed by atoms with Crippen molar-refractivity contribution in [3.63, 3.8) is 0 Å². The molecule has 14 heavy (non-hydrogen) atoms. The summed E-state index contributed by atoms with van der Waals surface area (Å²) in [6.45, 7) is 3.49. The average molecular weight is 210 g/mol. The minimum Gasteiger partial charge on any atom is -0.295 e. The van der Waals surface area contributed by atoms with E-state index in [2.05, 4.69) is 17.9 Å². The number of hydrogen-bond acceptors (Lipinski definition) is 3. The second kappa shape index (κ2) is 4.55. The van der Waals surface area contributed by atoms with Crippen molar-refractivity contribution < 1.29 is 0 Å². The van der Waals surface area contributed by atoms with Crippen LogP contribution in [0.4, 0.5) is 0 Å². The van der Waals surface area contributed by atoms with Gasteiger partial charge >= 0.3 is 0 Å². The van der Waals surface area contributed by atoms with Gasteiger partial charge in [0.05, 0.1) is 12.0 Å². The Kier molecular flexibility index (Phi) is 3.35. The first-order chi connectivity index (χ1) is 6.83. The van der Waals surface area contributed by atoms with Crippen LogP contribution >= 0.6 is 11.8 Å². The first-order valence-corrected chi connectivity index (χ1v) is 6.71. The zero-order valence-corrected chi connectivity index (χ0v) is 9.59. The predicted molar refractivity (Wildman–Crippen MR) is 60.2 cm³/mol. The van der Waals surface area contributed by atoms with Crippen molar-refractivity contribution >= 4 is 11.8 Å². The molecule has 2 aliphatic rings. The zero-order valence-electron chi connectivity index (χ0n) is 8.78. The van der Waals surface area contributed by atoms with E-state index in [0.29, 0.717) is 18.0 Å². The predicted octanol–water partition coefficient (Wildman–Crippen LogP) is 2.12. The molecule has 2 rings (SSSR count). The fourth-order valence-electron chi connectivity index (χ4n) is 2.72. The van der Waals surface area contributed by atoms with Crippen molar-refractivity contribution in [3.05, 3.63) is 0 Å². The summed E-state index contributed by atoms with van der Waals surface area (Å²) in [7, 11) is 0. The maximum Gasteiger partial charge on any atom is 0.0672 e. The fraction of sp³-hybridized carbons (Fsp3) is 0.909. The summed E-state index contributed by atoms with van der Waals surface area (Å²) in [4.78, 5) is 2.58. The molecule has 3 heteroatoms. The van der Waals surface area contributed by atoms with Gasteiger partial charge in [0, 0.05) is 30.1 Å². The highest BCUT2D eigenvalue weighted by molar-refractivity contribution is 7.99. The maximum absolute atomic E-state index is 9.07. The van der Waals surface area contributed by atoms with Gasteiger partial charge < -0.3 is 0 Å². The highest BCUT2D eigenvalue weighted by atomic mass is 32.2. The molecule has 0 bridgehead atoms. The van der Waals surface area contributed by atoms with Gasteiger partial charge in [-0.1, -0.05) is 6.42 Å². The van der Waals surface area contributed by atoms with Crippen LogP contribution in [0.1, 0.15) is 26.2 Å². The SMILES string of the molecule is CC1CSCCN1C1CCCC1C#N. The third-order valence-corrected chi connectivity index (χ3v) is 4.68. The summed E-state index contributed by atoms with van der Waals surface area (Å²) in [5, 5.41) is 9.07. The molecule has 0 aromatic rings. The Morgan fingerprint density at radius 3 is 3.00 bits per heavy atom. The van der Waals surface area contributed by atoms with Crippen LogP contribution in [0.3, 0.4) is 0 Å². The smallest absolute Gasteiger partial charge is 0.0672 e. The molecule has 1 heterocycles. The van der Waals surface area contributed by atoms with Crippen LogP contribution in [-0.4, -0.2) is 35.0 Å². The lowest BCUT2D eigenvalue weighted by atomic mass is 10.0. The van der Waals surface area contributed by atoms with E-state index in [1.165, 1.54) is 30.9 Å². The molecule has 1 aliphatic heterocycles. The first kappa shape index (κ1) is 10.3. The van der Waals surface area contributed by atoms with E-state index >= 15 is 0 Å². The number of nitrogens with zero attached hydrogens (tertiary/aromatic N) is 2. The van der Waals surface area contributed by atoms with E-state index < -0.39 is 0 Å². The molecule has 2 nitrogen and oxygen atoms in total. The molecule has 1 aliphatic carbocycles. The minimum atomic E-state index is 0.306. The van der Waals surface area contributed by atoms with Gasteiger partial charge in [0.15, 0.2) is 0 Å². The number of nitriles is 1. The molecule has 3 unspecified atom stereocenters. The molecule has 0 N–H and O–H groups in total. The topological polar surface area (TPSA) is 27.0 Å². The van der Waals surface area contributed by atoms with Gasteiger partial charge in [-0.25, -0.2) is 0 Å². The largest absolute Gasteiger partial charge is 0.295 e. The van der Waals surface area contributed by atoms with Crippen molar-refractivity contribution in [1.29, 1.82) is 5.26 Å². The highest BCUT2D eigenvalue weighted by Gasteiger charge is 2.35. The molecule has 2 fully saturated rings. The summed E-state index contributed by atoms with van der Waals surface area (Å²) in [6, 6.07) is 3.72. The third kappa shape index (κ3) is 1.92. The molecule has 78 valence electrons. The van der Waals surface area contributed by atoms with Gasteiger partial charge in [0.25, 0.3) is 0 Å². The molecular weight excluding hydrogens is 192 g/mol. The van der Waals surface area contributed by atoms with E-state index in [9.17, 15) is 0 Å². The van der Waals surface area contributed by atoms with Gasteiger partial charge in [-0.3, -0.25) is 4.90 Å². The highest BCUT2D eigenvalue weighted by Crippen LogP contribution is 2.32. The van der Waals surface area contributed by atoms with Gasteiger partial charge in [0.1, 0.15) is 0 Å². The van der Waals surface area contributed by atoms with E-state index in [1.807, 2.05) is 11.8 Å². The van der Waals surface area contributed by atoms with Gasteiger partial charge in [-0.2, -0.15) is 17.0 Å². The van der Waals surface area contributed by atoms with Crippen LogP contribution in [0.5, 0.6) is 0 Å². The lowest BCUT2D eigenvalue weighted by molar-refractivity contribution is 0.145. The third-order valence-electron chi connectivity index (χ3n) is 3.49. The second-order valence-electron chi connectivity index (χ2n) is 4.40. The van der Waals surface area contributed by atoms with Crippen LogP contribution in [-0.2, 0) is 0 Å². The normalized spacial score (nSPS) is 39.6. The van der Waals surface area contributed by atoms with Crippen molar-refractivity contribution in [3.8, 4) is 6.07 Å². The lowest BCUT2D eigenvalue weighted by Gasteiger charge is -2.38. The van der Waals surface area contributed by atoms with Crippen LogP contribution in [0.2, 0.25) is 0 Å². The van der Waals surface area contributed by atoms with E-state index in [1.54, 1.807) is 0 Å². The Bertz CT molecular complexity index is 236. The number of hydrogen-bond donors (Lipinski definition) is 0. The molecule has 0 spiro atoms. The Balaban J connectivity index is 2.02. The Labute approximate surface area is 90.7 Å². The Morgan fingerprint density at radius 2 is 2.29 bits per heavy atom. The van der Waals surface area contributed by atoms with Gasteiger partial charge in [-0.05, 0) is 19.8 Å². The van der Waals surface area contributed by atoms with Crippen LogP contribution in [0.15, 0.2) is 0 Å². The van der Waals surface area contributed by atoms with Crippen molar-refractivity contribution in [2.45, 2.75) is 38.3 Å².